The quantitative estimate of drug-likeness (QED) is 0.630. The lowest BCUT2D eigenvalue weighted by Crippen LogP contribution is -2.39. The van der Waals surface area contributed by atoms with Crippen LogP contribution in [-0.4, -0.2) is 37.2 Å². The van der Waals surface area contributed by atoms with Gasteiger partial charge in [0.1, 0.15) is 11.5 Å². The average molecular weight is 313 g/mol. The molecule has 0 aliphatic carbocycles. The first-order valence-electron chi connectivity index (χ1n) is 7.95. The predicted molar refractivity (Wildman–Crippen MR) is 83.9 cm³/mol. The standard InChI is InChI=1S/C18H19NO4/c1-3-11-6-4-5-7-12(11)19-10-18-9-8-13(23-18)14(17(21)22-2)15(18)16(19)20/h4-9,13-15H,3,10H2,1-2H3/t13-,14-,15+,18-/m1/s1. The number of ether oxygens (including phenoxy) is 2. The molecule has 2 saturated heterocycles. The predicted octanol–water partition coefficient (Wildman–Crippen LogP) is 1.71. The average Bonchev–Trinajstić information content (AvgIpc) is 3.22. The number of hydrogen-bond donors (Lipinski definition) is 0. The lowest BCUT2D eigenvalue weighted by molar-refractivity contribution is -0.149. The zero-order chi connectivity index (χ0) is 16.2. The number of rotatable bonds is 3. The van der Waals surface area contributed by atoms with Crippen molar-refractivity contribution >= 4 is 17.6 Å². The summed E-state index contributed by atoms with van der Waals surface area (Å²) in [5.41, 5.74) is 1.33. The minimum atomic E-state index is -0.693. The highest BCUT2D eigenvalue weighted by Crippen LogP contribution is 2.53. The Morgan fingerprint density at radius 1 is 1.43 bits per heavy atom. The maximum atomic E-state index is 13.1. The Balaban J connectivity index is 1.75. The number of aryl methyl sites for hydroxylation is 1. The van der Waals surface area contributed by atoms with Crippen LogP contribution in [0.3, 0.4) is 0 Å². The summed E-state index contributed by atoms with van der Waals surface area (Å²) in [6.07, 6.45) is 4.34. The molecule has 0 N–H and O–H groups in total. The fourth-order valence-corrected chi connectivity index (χ4v) is 4.18. The normalized spacial score (nSPS) is 34.1. The number of fused-ring (bicyclic) bond motifs is 1. The molecular weight excluding hydrogens is 294 g/mol. The minimum Gasteiger partial charge on any atom is -0.469 e. The van der Waals surface area contributed by atoms with Gasteiger partial charge in [-0.1, -0.05) is 37.3 Å². The number of para-hydroxylation sites is 1. The molecule has 120 valence electrons. The third kappa shape index (κ3) is 1.83. The van der Waals surface area contributed by atoms with Gasteiger partial charge in [0.2, 0.25) is 5.91 Å². The number of benzene rings is 1. The van der Waals surface area contributed by atoms with Crippen molar-refractivity contribution in [3.63, 3.8) is 0 Å². The van der Waals surface area contributed by atoms with Crippen molar-refractivity contribution in [3.8, 4) is 0 Å². The van der Waals surface area contributed by atoms with E-state index >= 15 is 0 Å². The first-order chi connectivity index (χ1) is 11.1. The van der Waals surface area contributed by atoms with E-state index in [1.807, 2.05) is 36.4 Å². The van der Waals surface area contributed by atoms with Gasteiger partial charge in [-0.05, 0) is 18.1 Å². The van der Waals surface area contributed by atoms with Gasteiger partial charge >= 0.3 is 5.97 Å². The van der Waals surface area contributed by atoms with Crippen LogP contribution in [0.1, 0.15) is 12.5 Å². The summed E-state index contributed by atoms with van der Waals surface area (Å²) in [6.45, 7) is 2.52. The lowest BCUT2D eigenvalue weighted by Gasteiger charge is -2.23. The monoisotopic (exact) mass is 313 g/mol. The van der Waals surface area contributed by atoms with Crippen LogP contribution in [0, 0.1) is 11.8 Å². The molecule has 0 saturated carbocycles. The van der Waals surface area contributed by atoms with Crippen molar-refractivity contribution in [3.05, 3.63) is 42.0 Å². The molecule has 1 spiro atoms. The number of nitrogens with zero attached hydrogens (tertiary/aromatic N) is 1. The van der Waals surface area contributed by atoms with Crippen molar-refractivity contribution in [1.29, 1.82) is 0 Å². The number of methoxy groups -OCH3 is 1. The molecule has 4 rings (SSSR count). The van der Waals surface area contributed by atoms with Crippen molar-refractivity contribution in [2.24, 2.45) is 11.8 Å². The van der Waals surface area contributed by atoms with Gasteiger partial charge in [0.05, 0.1) is 25.7 Å². The van der Waals surface area contributed by atoms with Gasteiger partial charge in [0.25, 0.3) is 0 Å². The van der Waals surface area contributed by atoms with Crippen LogP contribution >= 0.6 is 0 Å². The van der Waals surface area contributed by atoms with E-state index in [2.05, 4.69) is 6.92 Å². The molecule has 23 heavy (non-hydrogen) atoms. The van der Waals surface area contributed by atoms with E-state index in [-0.39, 0.29) is 18.0 Å². The molecule has 0 unspecified atom stereocenters. The molecule has 0 radical (unpaired) electrons. The Morgan fingerprint density at radius 3 is 2.96 bits per heavy atom. The second kappa shape index (κ2) is 4.93. The van der Waals surface area contributed by atoms with Crippen molar-refractivity contribution in [1.82, 2.24) is 0 Å². The molecule has 1 aromatic carbocycles. The van der Waals surface area contributed by atoms with E-state index in [1.165, 1.54) is 7.11 Å². The highest BCUT2D eigenvalue weighted by atomic mass is 16.5. The zero-order valence-electron chi connectivity index (χ0n) is 13.2. The van der Waals surface area contributed by atoms with Crippen molar-refractivity contribution in [2.75, 3.05) is 18.6 Å². The van der Waals surface area contributed by atoms with Crippen LogP contribution in [0.15, 0.2) is 36.4 Å². The second-order valence-corrected chi connectivity index (χ2v) is 6.33. The van der Waals surface area contributed by atoms with Crippen LogP contribution in [0.4, 0.5) is 5.69 Å². The summed E-state index contributed by atoms with van der Waals surface area (Å²) in [7, 11) is 1.36. The molecule has 0 aromatic heterocycles. The van der Waals surface area contributed by atoms with Crippen LogP contribution in [0.5, 0.6) is 0 Å². The summed E-state index contributed by atoms with van der Waals surface area (Å²) < 4.78 is 10.9. The van der Waals surface area contributed by atoms with Crippen LogP contribution < -0.4 is 4.90 Å². The molecule has 5 heteroatoms. The summed E-state index contributed by atoms with van der Waals surface area (Å²) in [5.74, 6) is -1.45. The number of amides is 1. The first kappa shape index (κ1) is 14.5. The smallest absolute Gasteiger partial charge is 0.312 e. The van der Waals surface area contributed by atoms with Gasteiger partial charge in [0, 0.05) is 5.69 Å². The number of hydrogen-bond acceptors (Lipinski definition) is 4. The summed E-state index contributed by atoms with van der Waals surface area (Å²) in [4.78, 5) is 27.0. The molecule has 4 atom stereocenters. The molecule has 5 nitrogen and oxygen atoms in total. The molecule has 1 amide bonds. The lowest BCUT2D eigenvalue weighted by atomic mass is 9.77. The van der Waals surface area contributed by atoms with Gasteiger partial charge in [-0.2, -0.15) is 0 Å². The fourth-order valence-electron chi connectivity index (χ4n) is 4.18. The van der Waals surface area contributed by atoms with Crippen molar-refractivity contribution < 1.29 is 19.1 Å². The Kier molecular flexibility index (Phi) is 3.10. The first-order valence-corrected chi connectivity index (χ1v) is 7.95. The maximum absolute atomic E-state index is 13.1. The summed E-state index contributed by atoms with van der Waals surface area (Å²) in [5, 5.41) is 0. The fraction of sp³-hybridized carbons (Fsp3) is 0.444. The van der Waals surface area contributed by atoms with E-state index in [9.17, 15) is 9.59 Å². The third-order valence-electron chi connectivity index (χ3n) is 5.24. The SMILES string of the molecule is CCc1ccccc1N1C[C@@]23C=C[C@@H](O2)[C@@H](C(=O)OC)[C@H]3C1=O. The molecule has 3 aliphatic rings. The highest BCUT2D eigenvalue weighted by Gasteiger charge is 2.67. The number of anilines is 1. The Labute approximate surface area is 134 Å². The van der Waals surface area contributed by atoms with Gasteiger partial charge in [0.15, 0.2) is 0 Å². The zero-order valence-corrected chi connectivity index (χ0v) is 13.2. The molecule has 3 aliphatic heterocycles. The van der Waals surface area contributed by atoms with Crippen LogP contribution in [0.25, 0.3) is 0 Å². The number of carbonyl (C=O) groups excluding carboxylic acids is 2. The molecule has 2 bridgehead atoms. The Morgan fingerprint density at radius 2 is 2.22 bits per heavy atom. The van der Waals surface area contributed by atoms with Crippen LogP contribution in [0.2, 0.25) is 0 Å². The van der Waals surface area contributed by atoms with Crippen molar-refractivity contribution in [2.45, 2.75) is 25.0 Å². The highest BCUT2D eigenvalue weighted by molar-refractivity contribution is 6.03. The van der Waals surface area contributed by atoms with Gasteiger partial charge < -0.3 is 14.4 Å². The van der Waals surface area contributed by atoms with Gasteiger partial charge in [-0.25, -0.2) is 0 Å². The molecular formula is C18H19NO4. The van der Waals surface area contributed by atoms with E-state index < -0.39 is 17.4 Å². The van der Waals surface area contributed by atoms with E-state index in [0.29, 0.717) is 6.54 Å². The topological polar surface area (TPSA) is 55.8 Å². The Bertz CT molecular complexity index is 713. The third-order valence-corrected chi connectivity index (χ3v) is 5.24. The minimum absolute atomic E-state index is 0.0480. The maximum Gasteiger partial charge on any atom is 0.312 e. The largest absolute Gasteiger partial charge is 0.469 e. The summed E-state index contributed by atoms with van der Waals surface area (Å²) in [6, 6.07) is 7.89. The summed E-state index contributed by atoms with van der Waals surface area (Å²) >= 11 is 0. The second-order valence-electron chi connectivity index (χ2n) is 6.33. The van der Waals surface area contributed by atoms with E-state index in [4.69, 9.17) is 9.47 Å². The molecule has 3 heterocycles. The van der Waals surface area contributed by atoms with Crippen LogP contribution in [-0.2, 0) is 25.5 Å². The molecule has 2 fully saturated rings. The molecule has 1 aromatic rings. The number of carbonyl (C=O) groups is 2. The van der Waals surface area contributed by atoms with Gasteiger partial charge in [-0.3, -0.25) is 9.59 Å². The van der Waals surface area contributed by atoms with Gasteiger partial charge in [-0.15, -0.1) is 0 Å². The number of esters is 1. The Hall–Kier alpha value is -2.14. The van der Waals surface area contributed by atoms with E-state index in [1.54, 1.807) is 4.90 Å². The van der Waals surface area contributed by atoms with E-state index in [0.717, 1.165) is 17.7 Å².